The maximum Gasteiger partial charge on any atom is 0.145 e. The largest absolute Gasteiger partial charge is 0.456 e. The third-order valence-corrected chi connectivity index (χ3v) is 3.50. The van der Waals surface area contributed by atoms with Gasteiger partial charge in [0.2, 0.25) is 0 Å². The molecule has 0 heterocycles. The van der Waals surface area contributed by atoms with Crippen molar-refractivity contribution in [2.45, 2.75) is 33.6 Å². The van der Waals surface area contributed by atoms with Gasteiger partial charge < -0.3 is 10.5 Å². The quantitative estimate of drug-likeness (QED) is 0.831. The molecular weight excluding hydrogens is 260 g/mol. The molecule has 3 heteroatoms. The number of nitrogen functional groups attached to an aromatic ring is 1. The van der Waals surface area contributed by atoms with Crippen LogP contribution in [0.5, 0.6) is 11.5 Å². The lowest BCUT2D eigenvalue weighted by Gasteiger charge is -2.17. The Hall–Kier alpha value is -2.47. The summed E-state index contributed by atoms with van der Waals surface area (Å²) in [6, 6.07) is 11.6. The molecule has 0 atom stereocenters. The molecule has 2 N–H and O–H groups in total. The van der Waals surface area contributed by atoms with Crippen molar-refractivity contribution in [3.63, 3.8) is 0 Å². The summed E-state index contributed by atoms with van der Waals surface area (Å²) in [4.78, 5) is 0. The molecule has 108 valence electrons. The molecule has 2 aromatic rings. The molecule has 0 bridgehead atoms. The predicted molar refractivity (Wildman–Crippen MR) is 85.6 cm³/mol. The molecule has 2 rings (SSSR count). The van der Waals surface area contributed by atoms with Crippen molar-refractivity contribution in [1.82, 2.24) is 0 Å². The second-order valence-electron chi connectivity index (χ2n) is 5.61. The molecule has 2 aromatic carbocycles. The van der Waals surface area contributed by atoms with Crippen molar-refractivity contribution >= 4 is 5.69 Å². The fraction of sp³-hybridized carbons (Fsp3) is 0.278. The average molecular weight is 280 g/mol. The minimum absolute atomic E-state index is 0.290. The second-order valence-corrected chi connectivity index (χ2v) is 5.61. The van der Waals surface area contributed by atoms with Gasteiger partial charge in [0, 0.05) is 5.69 Å². The van der Waals surface area contributed by atoms with Gasteiger partial charge in [-0.25, -0.2) is 0 Å². The second kappa shape index (κ2) is 5.88. The first-order valence-electron chi connectivity index (χ1n) is 7.01. The Morgan fingerprint density at radius 2 is 1.81 bits per heavy atom. The van der Waals surface area contributed by atoms with Crippen molar-refractivity contribution in [1.29, 1.82) is 5.26 Å². The van der Waals surface area contributed by atoms with Crippen molar-refractivity contribution < 1.29 is 4.74 Å². The van der Waals surface area contributed by atoms with Gasteiger partial charge in [-0.1, -0.05) is 19.9 Å². The summed E-state index contributed by atoms with van der Waals surface area (Å²) in [5, 5.41) is 9.21. The molecule has 0 aliphatic rings. The van der Waals surface area contributed by atoms with Gasteiger partial charge in [0.1, 0.15) is 17.6 Å². The third-order valence-electron chi connectivity index (χ3n) is 3.50. The first kappa shape index (κ1) is 14.9. The Balaban J connectivity index is 2.51. The van der Waals surface area contributed by atoms with E-state index in [0.29, 0.717) is 17.2 Å². The summed E-state index contributed by atoms with van der Waals surface area (Å²) in [7, 11) is 0. The third kappa shape index (κ3) is 3.17. The van der Waals surface area contributed by atoms with Crippen LogP contribution in [0.15, 0.2) is 30.3 Å². The van der Waals surface area contributed by atoms with Crippen molar-refractivity contribution in [3.8, 4) is 17.6 Å². The van der Waals surface area contributed by atoms with Crippen LogP contribution < -0.4 is 10.5 Å². The number of hydrogen-bond acceptors (Lipinski definition) is 3. The highest BCUT2D eigenvalue weighted by Crippen LogP contribution is 2.35. The Morgan fingerprint density at radius 3 is 2.43 bits per heavy atom. The molecule has 0 amide bonds. The van der Waals surface area contributed by atoms with Crippen LogP contribution in [0.2, 0.25) is 0 Å². The standard InChI is InChI=1S/C18H20N2O/c1-11(2)15-9-16(20)13(4)8-18(15)21-17-7-12(3)5-6-14(17)10-19/h5-9,11H,20H2,1-4H3. The monoisotopic (exact) mass is 280 g/mol. The number of nitrogens with zero attached hydrogens (tertiary/aromatic N) is 1. The van der Waals surface area contributed by atoms with Gasteiger partial charge in [-0.3, -0.25) is 0 Å². The zero-order valence-corrected chi connectivity index (χ0v) is 12.9. The molecule has 0 aromatic heterocycles. The van der Waals surface area contributed by atoms with Gasteiger partial charge in [0.15, 0.2) is 0 Å². The van der Waals surface area contributed by atoms with E-state index in [2.05, 4.69) is 19.9 Å². The molecule has 0 saturated heterocycles. The summed E-state index contributed by atoms with van der Waals surface area (Å²) in [5.74, 6) is 1.64. The lowest BCUT2D eigenvalue weighted by atomic mass is 9.99. The minimum Gasteiger partial charge on any atom is -0.456 e. The van der Waals surface area contributed by atoms with Gasteiger partial charge in [0.25, 0.3) is 0 Å². The highest BCUT2D eigenvalue weighted by atomic mass is 16.5. The van der Waals surface area contributed by atoms with Gasteiger partial charge >= 0.3 is 0 Å². The lowest BCUT2D eigenvalue weighted by Crippen LogP contribution is -1.99. The van der Waals surface area contributed by atoms with Crippen LogP contribution in [0.3, 0.4) is 0 Å². The summed E-state index contributed by atoms with van der Waals surface area (Å²) in [6.45, 7) is 8.12. The van der Waals surface area contributed by atoms with Crippen molar-refractivity contribution in [2.24, 2.45) is 0 Å². The summed E-state index contributed by atoms with van der Waals surface area (Å²) >= 11 is 0. The van der Waals surface area contributed by atoms with Crippen LogP contribution in [-0.4, -0.2) is 0 Å². The van der Waals surface area contributed by atoms with Crippen LogP contribution in [-0.2, 0) is 0 Å². The predicted octanol–water partition coefficient (Wildman–Crippen LogP) is 4.67. The molecule has 21 heavy (non-hydrogen) atoms. The van der Waals surface area contributed by atoms with E-state index in [0.717, 1.165) is 28.1 Å². The number of aryl methyl sites for hydroxylation is 2. The molecule has 0 radical (unpaired) electrons. The van der Waals surface area contributed by atoms with E-state index in [1.165, 1.54) is 0 Å². The van der Waals surface area contributed by atoms with Gasteiger partial charge in [0.05, 0.1) is 5.56 Å². The fourth-order valence-electron chi connectivity index (χ4n) is 2.18. The van der Waals surface area contributed by atoms with Gasteiger partial charge in [-0.2, -0.15) is 5.26 Å². The Labute approximate surface area is 126 Å². The van der Waals surface area contributed by atoms with E-state index in [1.54, 1.807) is 6.07 Å². The number of hydrogen-bond donors (Lipinski definition) is 1. The smallest absolute Gasteiger partial charge is 0.145 e. The normalized spacial score (nSPS) is 10.5. The van der Waals surface area contributed by atoms with Crippen LogP contribution in [0.25, 0.3) is 0 Å². The molecule has 0 aliphatic carbocycles. The molecule has 0 saturated carbocycles. The molecule has 0 fully saturated rings. The van der Waals surface area contributed by atoms with Crippen LogP contribution in [0, 0.1) is 25.2 Å². The van der Waals surface area contributed by atoms with E-state index < -0.39 is 0 Å². The van der Waals surface area contributed by atoms with Crippen molar-refractivity contribution in [3.05, 3.63) is 52.6 Å². The molecule has 0 unspecified atom stereocenters. The Bertz CT molecular complexity index is 712. The number of benzene rings is 2. The molecule has 0 spiro atoms. The average Bonchev–Trinajstić information content (AvgIpc) is 2.42. The lowest BCUT2D eigenvalue weighted by molar-refractivity contribution is 0.471. The number of nitriles is 1. The SMILES string of the molecule is Cc1ccc(C#N)c(Oc2cc(C)c(N)cc2C(C)C)c1. The van der Waals surface area contributed by atoms with Crippen LogP contribution in [0.4, 0.5) is 5.69 Å². The highest BCUT2D eigenvalue weighted by molar-refractivity contribution is 5.57. The highest BCUT2D eigenvalue weighted by Gasteiger charge is 2.13. The van der Waals surface area contributed by atoms with E-state index in [1.807, 2.05) is 38.1 Å². The first-order chi connectivity index (χ1) is 9.92. The summed E-state index contributed by atoms with van der Waals surface area (Å²) in [6.07, 6.45) is 0. The van der Waals surface area contributed by atoms with Crippen LogP contribution in [0.1, 0.15) is 42.0 Å². The van der Waals surface area contributed by atoms with Crippen molar-refractivity contribution in [2.75, 3.05) is 5.73 Å². The number of anilines is 1. The minimum atomic E-state index is 0.290. The molecular formula is C18H20N2O. The Kier molecular flexibility index (Phi) is 4.18. The van der Waals surface area contributed by atoms with E-state index in [4.69, 9.17) is 10.5 Å². The first-order valence-corrected chi connectivity index (χ1v) is 7.01. The van der Waals surface area contributed by atoms with Gasteiger partial charge in [-0.05, 0) is 60.7 Å². The zero-order valence-electron chi connectivity index (χ0n) is 12.9. The van der Waals surface area contributed by atoms with E-state index in [9.17, 15) is 5.26 Å². The molecule has 0 aliphatic heterocycles. The molecule has 3 nitrogen and oxygen atoms in total. The van der Waals surface area contributed by atoms with E-state index in [-0.39, 0.29) is 0 Å². The number of rotatable bonds is 3. The maximum absolute atomic E-state index is 9.21. The van der Waals surface area contributed by atoms with Crippen LogP contribution >= 0.6 is 0 Å². The maximum atomic E-state index is 9.21. The van der Waals surface area contributed by atoms with E-state index >= 15 is 0 Å². The summed E-state index contributed by atoms with van der Waals surface area (Å²) in [5.41, 5.74) is 10.4. The Morgan fingerprint density at radius 1 is 1.10 bits per heavy atom. The zero-order chi connectivity index (χ0) is 15.6. The van der Waals surface area contributed by atoms with Gasteiger partial charge in [-0.15, -0.1) is 0 Å². The fourth-order valence-corrected chi connectivity index (χ4v) is 2.18. The summed E-state index contributed by atoms with van der Waals surface area (Å²) < 4.78 is 6.03. The number of ether oxygens (including phenoxy) is 1. The topological polar surface area (TPSA) is 59.0 Å². The number of nitrogens with two attached hydrogens (primary N) is 1.